The summed E-state index contributed by atoms with van der Waals surface area (Å²) in [5, 5.41) is 2.73. The zero-order valence-corrected chi connectivity index (χ0v) is 16.7. The van der Waals surface area contributed by atoms with E-state index in [0.29, 0.717) is 17.0 Å². The maximum Gasteiger partial charge on any atom is 0.244 e. The third-order valence-electron chi connectivity index (χ3n) is 4.68. The van der Waals surface area contributed by atoms with Crippen LogP contribution in [0.15, 0.2) is 82.7 Å². The molecule has 158 valence electrons. The molecular formula is C22H15F3N2O3S. The van der Waals surface area contributed by atoms with Gasteiger partial charge in [-0.05, 0) is 42.5 Å². The molecule has 0 radical (unpaired) electrons. The SMILES string of the molecule is O=C(Cn1cc(S(=O)(=O)c2ccc(F)cc2)c2ccccc21)Nc1ccc(F)cc1F. The van der Waals surface area contributed by atoms with Gasteiger partial charge in [0.15, 0.2) is 0 Å². The number of carbonyl (C=O) groups excluding carboxylic acids is 1. The molecule has 4 aromatic rings. The van der Waals surface area contributed by atoms with Crippen molar-refractivity contribution < 1.29 is 26.4 Å². The molecule has 9 heteroatoms. The van der Waals surface area contributed by atoms with Crippen molar-refractivity contribution in [3.8, 4) is 0 Å². The fourth-order valence-electron chi connectivity index (χ4n) is 3.23. The van der Waals surface area contributed by atoms with Crippen LogP contribution >= 0.6 is 0 Å². The molecule has 0 saturated heterocycles. The first-order valence-electron chi connectivity index (χ1n) is 9.09. The molecule has 31 heavy (non-hydrogen) atoms. The molecule has 5 nitrogen and oxygen atoms in total. The summed E-state index contributed by atoms with van der Waals surface area (Å²) < 4.78 is 67.7. The molecule has 3 aromatic carbocycles. The molecule has 1 aromatic heterocycles. The highest BCUT2D eigenvalue weighted by Crippen LogP contribution is 2.30. The normalized spacial score (nSPS) is 11.6. The van der Waals surface area contributed by atoms with Crippen LogP contribution in [0.4, 0.5) is 18.9 Å². The van der Waals surface area contributed by atoms with Gasteiger partial charge in [0.1, 0.15) is 24.0 Å². The molecule has 0 aliphatic rings. The number of para-hydroxylation sites is 1. The summed E-state index contributed by atoms with van der Waals surface area (Å²) in [7, 11) is -3.99. The average Bonchev–Trinajstić information content (AvgIpc) is 3.10. The van der Waals surface area contributed by atoms with Crippen LogP contribution in [-0.4, -0.2) is 18.9 Å². The second-order valence-corrected chi connectivity index (χ2v) is 8.69. The number of nitrogens with zero attached hydrogens (tertiary/aromatic N) is 1. The van der Waals surface area contributed by atoms with Gasteiger partial charge in [-0.25, -0.2) is 21.6 Å². The number of amides is 1. The van der Waals surface area contributed by atoms with E-state index in [4.69, 9.17) is 0 Å². The minimum atomic E-state index is -3.99. The lowest BCUT2D eigenvalue weighted by molar-refractivity contribution is -0.116. The number of carbonyl (C=O) groups is 1. The molecule has 0 unspecified atom stereocenters. The van der Waals surface area contributed by atoms with Gasteiger partial charge in [-0.15, -0.1) is 0 Å². The second kappa shape index (κ2) is 7.92. The van der Waals surface area contributed by atoms with Crippen molar-refractivity contribution in [1.82, 2.24) is 4.57 Å². The van der Waals surface area contributed by atoms with Crippen LogP contribution in [0.1, 0.15) is 0 Å². The van der Waals surface area contributed by atoms with Crippen molar-refractivity contribution >= 4 is 32.3 Å². The smallest absolute Gasteiger partial charge is 0.244 e. The Morgan fingerprint density at radius 1 is 0.903 bits per heavy atom. The minimum absolute atomic E-state index is 0.0459. The van der Waals surface area contributed by atoms with Crippen LogP contribution in [0, 0.1) is 17.5 Å². The summed E-state index contributed by atoms with van der Waals surface area (Å²) in [4.78, 5) is 12.3. The summed E-state index contributed by atoms with van der Waals surface area (Å²) in [6.45, 7) is -0.309. The standard InChI is InChI=1S/C22H15F3N2O3S/c23-14-5-8-16(9-6-14)31(29,30)21-12-27(20-4-2-1-3-17(20)21)13-22(28)26-19-10-7-15(24)11-18(19)25/h1-12H,13H2,(H,26,28). The molecule has 0 fully saturated rings. The molecule has 1 heterocycles. The zero-order valence-electron chi connectivity index (χ0n) is 15.8. The third-order valence-corrected chi connectivity index (χ3v) is 6.48. The lowest BCUT2D eigenvalue weighted by Crippen LogP contribution is -2.19. The highest BCUT2D eigenvalue weighted by atomic mass is 32.2. The van der Waals surface area contributed by atoms with Crippen LogP contribution in [0.25, 0.3) is 10.9 Å². The van der Waals surface area contributed by atoms with E-state index in [9.17, 15) is 26.4 Å². The molecule has 0 atom stereocenters. The number of aromatic nitrogens is 1. The van der Waals surface area contributed by atoms with Gasteiger partial charge < -0.3 is 9.88 Å². The Hall–Kier alpha value is -3.59. The van der Waals surface area contributed by atoms with Crippen LogP contribution in [0.2, 0.25) is 0 Å². The fourth-order valence-corrected chi connectivity index (χ4v) is 4.71. The number of halogens is 3. The maximum atomic E-state index is 13.8. The van der Waals surface area contributed by atoms with Crippen molar-refractivity contribution in [2.75, 3.05) is 5.32 Å². The number of hydrogen-bond donors (Lipinski definition) is 1. The monoisotopic (exact) mass is 444 g/mol. The Bertz CT molecular complexity index is 1400. The van der Waals surface area contributed by atoms with Crippen molar-refractivity contribution in [1.29, 1.82) is 0 Å². The van der Waals surface area contributed by atoms with Gasteiger partial charge >= 0.3 is 0 Å². The Morgan fingerprint density at radius 2 is 1.58 bits per heavy atom. The Labute approximate surface area is 175 Å². The second-order valence-electron chi connectivity index (χ2n) is 6.77. The molecule has 0 bridgehead atoms. The van der Waals surface area contributed by atoms with E-state index >= 15 is 0 Å². The number of fused-ring (bicyclic) bond motifs is 1. The number of sulfone groups is 1. The third kappa shape index (κ3) is 4.04. The number of anilines is 1. The molecular weight excluding hydrogens is 429 g/mol. The van der Waals surface area contributed by atoms with E-state index < -0.39 is 33.2 Å². The molecule has 0 spiro atoms. The van der Waals surface area contributed by atoms with Gasteiger partial charge in [-0.2, -0.15) is 0 Å². The summed E-state index contributed by atoms with van der Waals surface area (Å²) in [5.74, 6) is -2.89. The fraction of sp³-hybridized carbons (Fsp3) is 0.0455. The summed E-state index contributed by atoms with van der Waals surface area (Å²) in [6.07, 6.45) is 1.31. The Balaban J connectivity index is 1.70. The van der Waals surface area contributed by atoms with Crippen molar-refractivity contribution in [3.05, 3.63) is 90.4 Å². The van der Waals surface area contributed by atoms with Gasteiger partial charge in [0.2, 0.25) is 15.7 Å². The van der Waals surface area contributed by atoms with E-state index in [2.05, 4.69) is 5.32 Å². The lowest BCUT2D eigenvalue weighted by atomic mass is 10.2. The van der Waals surface area contributed by atoms with E-state index in [1.807, 2.05) is 0 Å². The van der Waals surface area contributed by atoms with Crippen molar-refractivity contribution in [3.63, 3.8) is 0 Å². The number of rotatable bonds is 5. The van der Waals surface area contributed by atoms with Gasteiger partial charge in [-0.1, -0.05) is 18.2 Å². The minimum Gasteiger partial charge on any atom is -0.337 e. The van der Waals surface area contributed by atoms with Gasteiger partial charge in [0, 0.05) is 23.2 Å². The van der Waals surface area contributed by atoms with Crippen LogP contribution in [0.5, 0.6) is 0 Å². The Morgan fingerprint density at radius 3 is 2.29 bits per heavy atom. The predicted octanol–water partition coefficient (Wildman–Crippen LogP) is 4.53. The molecule has 0 aliphatic heterocycles. The first-order valence-corrected chi connectivity index (χ1v) is 10.6. The lowest BCUT2D eigenvalue weighted by Gasteiger charge is -2.08. The number of benzene rings is 3. The summed E-state index contributed by atoms with van der Waals surface area (Å²) >= 11 is 0. The predicted molar refractivity (Wildman–Crippen MR) is 109 cm³/mol. The molecule has 4 rings (SSSR count). The van der Waals surface area contributed by atoms with Crippen molar-refractivity contribution in [2.45, 2.75) is 16.3 Å². The van der Waals surface area contributed by atoms with Crippen LogP contribution in [0.3, 0.4) is 0 Å². The van der Waals surface area contributed by atoms with E-state index in [1.165, 1.54) is 22.9 Å². The van der Waals surface area contributed by atoms with E-state index in [1.54, 1.807) is 24.3 Å². The summed E-state index contributed by atoms with van der Waals surface area (Å²) in [5.41, 5.74) is 0.278. The molecule has 1 amide bonds. The van der Waals surface area contributed by atoms with Crippen LogP contribution < -0.4 is 5.32 Å². The Kier molecular flexibility index (Phi) is 5.28. The highest BCUT2D eigenvalue weighted by molar-refractivity contribution is 7.91. The van der Waals surface area contributed by atoms with Gasteiger partial charge in [0.25, 0.3) is 0 Å². The topological polar surface area (TPSA) is 68.2 Å². The zero-order chi connectivity index (χ0) is 22.2. The first kappa shape index (κ1) is 20.7. The van der Waals surface area contributed by atoms with E-state index in [-0.39, 0.29) is 22.0 Å². The summed E-state index contributed by atoms with van der Waals surface area (Å²) in [6, 6.07) is 13.8. The highest BCUT2D eigenvalue weighted by Gasteiger charge is 2.24. The molecule has 0 saturated carbocycles. The van der Waals surface area contributed by atoms with E-state index in [0.717, 1.165) is 24.3 Å². The van der Waals surface area contributed by atoms with Crippen LogP contribution in [-0.2, 0) is 21.2 Å². The molecule has 0 aliphatic carbocycles. The number of nitrogens with one attached hydrogen (secondary N) is 1. The molecule has 1 N–H and O–H groups in total. The average molecular weight is 444 g/mol. The van der Waals surface area contributed by atoms with Gasteiger partial charge in [0.05, 0.1) is 15.5 Å². The maximum absolute atomic E-state index is 13.8. The largest absolute Gasteiger partial charge is 0.337 e. The van der Waals surface area contributed by atoms with Crippen molar-refractivity contribution in [2.24, 2.45) is 0 Å². The van der Waals surface area contributed by atoms with Gasteiger partial charge in [-0.3, -0.25) is 4.79 Å². The number of hydrogen-bond acceptors (Lipinski definition) is 3. The first-order chi connectivity index (χ1) is 14.8. The quantitative estimate of drug-likeness (QED) is 0.460.